The van der Waals surface area contributed by atoms with Crippen molar-refractivity contribution in [3.63, 3.8) is 0 Å². The van der Waals surface area contributed by atoms with E-state index in [-0.39, 0.29) is 34.6 Å². The van der Waals surface area contributed by atoms with Crippen molar-refractivity contribution in [2.75, 3.05) is 26.2 Å². The molecule has 180 valence electrons. The van der Waals surface area contributed by atoms with Crippen LogP contribution in [0.1, 0.15) is 44.7 Å². The van der Waals surface area contributed by atoms with Gasteiger partial charge in [-0.3, -0.25) is 14.9 Å². The molecule has 34 heavy (non-hydrogen) atoms. The average Bonchev–Trinajstić information content (AvgIpc) is 2.81. The number of piperazine rings is 1. The molecular formula is C26H31N3O5. The molecule has 0 N–H and O–H groups in total. The van der Waals surface area contributed by atoms with Crippen molar-refractivity contribution in [3.8, 4) is 11.1 Å². The molecule has 0 aromatic heterocycles. The van der Waals surface area contributed by atoms with Crippen molar-refractivity contribution < 1.29 is 19.2 Å². The van der Waals surface area contributed by atoms with E-state index in [4.69, 9.17) is 4.74 Å². The highest BCUT2D eigenvalue weighted by Crippen LogP contribution is 2.38. The second-order valence-corrected chi connectivity index (χ2v) is 8.82. The molecule has 2 amide bonds. The Morgan fingerprint density at radius 1 is 0.971 bits per heavy atom. The molecule has 0 unspecified atom stereocenters. The van der Waals surface area contributed by atoms with Gasteiger partial charge in [-0.05, 0) is 42.5 Å². The van der Waals surface area contributed by atoms with Crippen LogP contribution < -0.4 is 0 Å². The van der Waals surface area contributed by atoms with Crippen LogP contribution >= 0.6 is 0 Å². The normalized spacial score (nSPS) is 14.2. The average molecular weight is 466 g/mol. The third-order valence-corrected chi connectivity index (χ3v) is 5.72. The largest absolute Gasteiger partial charge is 0.447 e. The standard InChI is InChI=1S/C26H31N3O5/c1-18(2)21-9-5-6-10-22(21)25-20(8-7-11-23(25)29(32)33)12-13-24(30)27-14-16-28(17-15-27)26(31)34-19(3)4/h5-13,18-19H,14-17H2,1-4H3/b13-12+. The number of rotatable bonds is 6. The van der Waals surface area contributed by atoms with Gasteiger partial charge in [0.15, 0.2) is 0 Å². The third-order valence-electron chi connectivity index (χ3n) is 5.72. The van der Waals surface area contributed by atoms with Gasteiger partial charge in [0, 0.05) is 38.3 Å². The maximum absolute atomic E-state index is 12.8. The Labute approximate surface area is 200 Å². The molecule has 0 aliphatic carbocycles. The molecule has 0 saturated carbocycles. The Balaban J connectivity index is 1.83. The van der Waals surface area contributed by atoms with Crippen LogP contribution in [-0.2, 0) is 9.53 Å². The van der Waals surface area contributed by atoms with Crippen molar-refractivity contribution in [1.82, 2.24) is 9.80 Å². The summed E-state index contributed by atoms with van der Waals surface area (Å²) in [4.78, 5) is 39.6. The predicted octanol–water partition coefficient (Wildman–Crippen LogP) is 5.09. The molecule has 8 nitrogen and oxygen atoms in total. The van der Waals surface area contributed by atoms with E-state index < -0.39 is 0 Å². The lowest BCUT2D eigenvalue weighted by Crippen LogP contribution is -2.50. The number of benzene rings is 2. The number of ether oxygens (including phenoxy) is 1. The van der Waals surface area contributed by atoms with E-state index >= 15 is 0 Å². The molecule has 0 radical (unpaired) electrons. The molecule has 1 aliphatic rings. The second-order valence-electron chi connectivity index (χ2n) is 8.82. The van der Waals surface area contributed by atoms with Crippen molar-refractivity contribution in [2.45, 2.75) is 39.7 Å². The summed E-state index contributed by atoms with van der Waals surface area (Å²) in [5, 5.41) is 11.8. The zero-order valence-corrected chi connectivity index (χ0v) is 20.1. The lowest BCUT2D eigenvalue weighted by Gasteiger charge is -2.33. The number of hydrogen-bond donors (Lipinski definition) is 0. The molecule has 1 fully saturated rings. The Hall–Kier alpha value is -3.68. The third kappa shape index (κ3) is 5.81. The van der Waals surface area contributed by atoms with Crippen LogP contribution in [0, 0.1) is 10.1 Å². The van der Waals surface area contributed by atoms with Gasteiger partial charge in [0.25, 0.3) is 5.69 Å². The van der Waals surface area contributed by atoms with Crippen LogP contribution in [0.5, 0.6) is 0 Å². The van der Waals surface area contributed by atoms with E-state index in [1.807, 2.05) is 38.1 Å². The van der Waals surface area contributed by atoms with E-state index in [2.05, 4.69) is 0 Å². The first-order chi connectivity index (χ1) is 16.2. The molecule has 0 atom stereocenters. The lowest BCUT2D eigenvalue weighted by molar-refractivity contribution is -0.384. The number of nitro benzene ring substituents is 1. The van der Waals surface area contributed by atoms with E-state index in [0.717, 1.165) is 11.1 Å². The highest BCUT2D eigenvalue weighted by atomic mass is 16.6. The fourth-order valence-corrected chi connectivity index (χ4v) is 4.02. The number of carbonyl (C=O) groups is 2. The zero-order chi connectivity index (χ0) is 24.8. The van der Waals surface area contributed by atoms with Crippen LogP contribution in [0.3, 0.4) is 0 Å². The van der Waals surface area contributed by atoms with E-state index in [0.29, 0.717) is 37.3 Å². The Morgan fingerprint density at radius 3 is 2.24 bits per heavy atom. The van der Waals surface area contributed by atoms with E-state index in [9.17, 15) is 19.7 Å². The van der Waals surface area contributed by atoms with Crippen molar-refractivity contribution >= 4 is 23.8 Å². The van der Waals surface area contributed by atoms with Gasteiger partial charge in [-0.2, -0.15) is 0 Å². The number of nitrogens with zero attached hydrogens (tertiary/aromatic N) is 3. The first-order valence-electron chi connectivity index (χ1n) is 11.5. The zero-order valence-electron chi connectivity index (χ0n) is 20.1. The summed E-state index contributed by atoms with van der Waals surface area (Å²) in [6.45, 7) is 9.27. The maximum Gasteiger partial charge on any atom is 0.410 e. The van der Waals surface area contributed by atoms with Crippen molar-refractivity contribution in [1.29, 1.82) is 0 Å². The Morgan fingerprint density at radius 2 is 1.62 bits per heavy atom. The van der Waals surface area contributed by atoms with Gasteiger partial charge in [-0.25, -0.2) is 4.79 Å². The minimum absolute atomic E-state index is 0.0000202. The maximum atomic E-state index is 12.8. The molecule has 1 heterocycles. The highest BCUT2D eigenvalue weighted by Gasteiger charge is 2.25. The van der Waals surface area contributed by atoms with Crippen LogP contribution in [0.15, 0.2) is 48.5 Å². The number of hydrogen-bond acceptors (Lipinski definition) is 5. The van der Waals surface area contributed by atoms with Gasteiger partial charge in [0.05, 0.1) is 16.6 Å². The van der Waals surface area contributed by atoms with Gasteiger partial charge < -0.3 is 14.5 Å². The molecule has 1 saturated heterocycles. The Kier molecular flexibility index (Phi) is 8.04. The highest BCUT2D eigenvalue weighted by molar-refractivity contribution is 5.94. The fourth-order valence-electron chi connectivity index (χ4n) is 4.02. The molecule has 8 heteroatoms. The van der Waals surface area contributed by atoms with Crippen LogP contribution in [0.2, 0.25) is 0 Å². The Bertz CT molecular complexity index is 1090. The quantitative estimate of drug-likeness (QED) is 0.337. The van der Waals surface area contributed by atoms with Crippen molar-refractivity contribution in [3.05, 3.63) is 69.8 Å². The molecular weight excluding hydrogens is 434 g/mol. The van der Waals surface area contributed by atoms with Crippen LogP contribution in [-0.4, -0.2) is 59.0 Å². The van der Waals surface area contributed by atoms with Gasteiger partial charge in [0.1, 0.15) is 0 Å². The summed E-state index contributed by atoms with van der Waals surface area (Å²) in [6.07, 6.45) is 2.52. The first kappa shape index (κ1) is 25.0. The number of nitro groups is 1. The minimum Gasteiger partial charge on any atom is -0.447 e. The summed E-state index contributed by atoms with van der Waals surface area (Å²) in [6, 6.07) is 12.5. The molecule has 1 aliphatic heterocycles. The minimum atomic E-state index is -0.388. The molecule has 0 bridgehead atoms. The monoisotopic (exact) mass is 465 g/mol. The van der Waals surface area contributed by atoms with Crippen molar-refractivity contribution in [2.24, 2.45) is 0 Å². The topological polar surface area (TPSA) is 93.0 Å². The summed E-state index contributed by atoms with van der Waals surface area (Å²) in [5.41, 5.74) is 2.90. The summed E-state index contributed by atoms with van der Waals surface area (Å²) < 4.78 is 5.22. The summed E-state index contributed by atoms with van der Waals surface area (Å²) in [7, 11) is 0. The van der Waals surface area contributed by atoms with Crippen LogP contribution in [0.25, 0.3) is 17.2 Å². The molecule has 2 aromatic carbocycles. The second kappa shape index (κ2) is 11.0. The number of carbonyl (C=O) groups excluding carboxylic acids is 2. The van der Waals surface area contributed by atoms with Gasteiger partial charge in [-0.15, -0.1) is 0 Å². The predicted molar refractivity (Wildman–Crippen MR) is 131 cm³/mol. The lowest BCUT2D eigenvalue weighted by atomic mass is 9.89. The van der Waals surface area contributed by atoms with Gasteiger partial charge >= 0.3 is 6.09 Å². The SMILES string of the molecule is CC(C)OC(=O)N1CCN(C(=O)/C=C/c2cccc([N+](=O)[O-])c2-c2ccccc2C(C)C)CC1. The molecule has 3 rings (SSSR count). The smallest absolute Gasteiger partial charge is 0.410 e. The summed E-state index contributed by atoms with van der Waals surface area (Å²) in [5.74, 6) is -0.0281. The number of amides is 2. The summed E-state index contributed by atoms with van der Waals surface area (Å²) >= 11 is 0. The fraction of sp³-hybridized carbons (Fsp3) is 0.385. The van der Waals surface area contributed by atoms with Gasteiger partial charge in [-0.1, -0.05) is 50.2 Å². The first-order valence-corrected chi connectivity index (χ1v) is 11.5. The van der Waals surface area contributed by atoms with E-state index in [1.54, 1.807) is 41.9 Å². The van der Waals surface area contributed by atoms with E-state index in [1.165, 1.54) is 12.1 Å². The molecule has 0 spiro atoms. The van der Waals surface area contributed by atoms with Gasteiger partial charge in [0.2, 0.25) is 5.91 Å². The van der Waals surface area contributed by atoms with Crippen LogP contribution in [0.4, 0.5) is 10.5 Å². The molecule has 2 aromatic rings.